The average molecular weight is 278 g/mol. The topological polar surface area (TPSA) is 55.8 Å². The van der Waals surface area contributed by atoms with E-state index in [9.17, 15) is 8.96 Å². The number of unbranched alkanes of at least 4 members (excludes halogenated alkanes) is 1. The summed E-state index contributed by atoms with van der Waals surface area (Å²) in [7, 11) is -1.58. The molecule has 1 aromatic rings. The van der Waals surface area contributed by atoms with Crippen LogP contribution in [0.1, 0.15) is 32.3 Å². The Bertz CT molecular complexity index is 369. The number of hydrogen-bond donors (Lipinski definition) is 1. The Balaban J connectivity index is 0.000000631. The lowest BCUT2D eigenvalue weighted by Crippen LogP contribution is -1.92. The highest BCUT2D eigenvalue weighted by Crippen LogP contribution is 2.21. The second-order valence-electron chi connectivity index (χ2n) is 3.51. The van der Waals surface area contributed by atoms with Gasteiger partial charge in [0, 0.05) is 11.6 Å². The summed E-state index contributed by atoms with van der Waals surface area (Å²) in [5, 5.41) is 0. The van der Waals surface area contributed by atoms with Gasteiger partial charge in [-0.1, -0.05) is 32.8 Å². The van der Waals surface area contributed by atoms with E-state index < -0.39 is 14.1 Å². The fourth-order valence-corrected chi connectivity index (χ4v) is 1.19. The summed E-state index contributed by atoms with van der Waals surface area (Å²) in [5.41, 5.74) is 0.221. The largest absolute Gasteiger partial charge is 0.497 e. The van der Waals surface area contributed by atoms with Gasteiger partial charge in [0.15, 0.2) is 0 Å². The Labute approximate surface area is 108 Å². The Morgan fingerprint density at radius 1 is 1.33 bits per heavy atom. The van der Waals surface area contributed by atoms with E-state index in [1.807, 2.05) is 0 Å². The van der Waals surface area contributed by atoms with Crippen LogP contribution in [0.5, 0.6) is 5.75 Å². The van der Waals surface area contributed by atoms with Crippen LogP contribution in [-0.4, -0.2) is 12.0 Å². The summed E-state index contributed by atoms with van der Waals surface area (Å²) in [5.74, 6) is -0.129. The van der Waals surface area contributed by atoms with Crippen LogP contribution in [0.2, 0.25) is 0 Å². The minimum Gasteiger partial charge on any atom is -0.497 e. The molecule has 0 amide bonds. The molecule has 0 aromatic heterocycles. The van der Waals surface area contributed by atoms with Crippen LogP contribution in [0.25, 0.3) is 0 Å². The Morgan fingerprint density at radius 2 is 1.94 bits per heavy atom. The first kappa shape index (κ1) is 17.1. The SMILES string of the molecule is CCCC.COc1ccc(CO[PH](=O)O)c(F)c1. The zero-order valence-corrected chi connectivity index (χ0v) is 11.9. The van der Waals surface area contributed by atoms with E-state index in [1.165, 1.54) is 32.1 Å². The summed E-state index contributed by atoms with van der Waals surface area (Å²) in [6.45, 7) is 4.14. The van der Waals surface area contributed by atoms with Gasteiger partial charge in [0.1, 0.15) is 11.6 Å². The molecule has 0 saturated carbocycles. The van der Waals surface area contributed by atoms with E-state index in [2.05, 4.69) is 18.4 Å². The molecule has 4 nitrogen and oxygen atoms in total. The van der Waals surface area contributed by atoms with Gasteiger partial charge in [-0.05, 0) is 6.07 Å². The zero-order chi connectivity index (χ0) is 14.0. The molecular formula is C12H20FO4P. The van der Waals surface area contributed by atoms with Crippen molar-refractivity contribution in [2.75, 3.05) is 7.11 Å². The molecule has 6 heteroatoms. The van der Waals surface area contributed by atoms with Gasteiger partial charge in [-0.15, -0.1) is 0 Å². The fraction of sp³-hybridized carbons (Fsp3) is 0.500. The van der Waals surface area contributed by atoms with Gasteiger partial charge in [0.05, 0.1) is 13.7 Å². The first-order chi connectivity index (χ1) is 8.54. The third kappa shape index (κ3) is 7.43. The van der Waals surface area contributed by atoms with E-state index in [1.54, 1.807) is 6.07 Å². The van der Waals surface area contributed by atoms with Gasteiger partial charge in [-0.3, -0.25) is 4.57 Å². The van der Waals surface area contributed by atoms with Crippen molar-refractivity contribution in [3.8, 4) is 5.75 Å². The molecule has 18 heavy (non-hydrogen) atoms. The summed E-state index contributed by atoms with van der Waals surface area (Å²) in [6, 6.07) is 4.18. The second-order valence-corrected chi connectivity index (χ2v) is 4.33. The maximum absolute atomic E-state index is 13.2. The molecule has 0 bridgehead atoms. The lowest BCUT2D eigenvalue weighted by Gasteiger charge is -2.04. The molecule has 0 saturated heterocycles. The molecule has 1 aromatic carbocycles. The van der Waals surface area contributed by atoms with Crippen LogP contribution in [0.3, 0.4) is 0 Å². The molecule has 1 atom stereocenters. The normalized spacial score (nSPS) is 11.4. The van der Waals surface area contributed by atoms with Crippen LogP contribution in [0.15, 0.2) is 18.2 Å². The van der Waals surface area contributed by atoms with Crippen molar-refractivity contribution in [3.63, 3.8) is 0 Å². The summed E-state index contributed by atoms with van der Waals surface area (Å²) < 4.78 is 32.6. The van der Waals surface area contributed by atoms with Crippen molar-refractivity contribution >= 4 is 8.25 Å². The van der Waals surface area contributed by atoms with E-state index in [-0.39, 0.29) is 12.2 Å². The fourth-order valence-electron chi connectivity index (χ4n) is 0.912. The number of rotatable bonds is 5. The molecule has 104 valence electrons. The molecule has 0 radical (unpaired) electrons. The van der Waals surface area contributed by atoms with Crippen molar-refractivity contribution in [1.29, 1.82) is 0 Å². The first-order valence-electron chi connectivity index (χ1n) is 5.73. The smallest absolute Gasteiger partial charge is 0.316 e. The van der Waals surface area contributed by atoms with Crippen molar-refractivity contribution in [2.45, 2.75) is 33.3 Å². The molecule has 0 fully saturated rings. The summed E-state index contributed by atoms with van der Waals surface area (Å²) >= 11 is 0. The first-order valence-corrected chi connectivity index (χ1v) is 6.99. The van der Waals surface area contributed by atoms with Gasteiger partial charge in [0.25, 0.3) is 0 Å². The molecule has 1 unspecified atom stereocenters. The maximum atomic E-state index is 13.2. The monoisotopic (exact) mass is 278 g/mol. The lowest BCUT2D eigenvalue weighted by molar-refractivity contribution is 0.268. The van der Waals surface area contributed by atoms with Gasteiger partial charge in [-0.25, -0.2) is 4.39 Å². The molecular weight excluding hydrogens is 258 g/mol. The summed E-state index contributed by atoms with van der Waals surface area (Å²) in [6.07, 6.45) is 2.64. The Hall–Kier alpha value is -0.900. The third-order valence-corrected chi connectivity index (χ3v) is 2.50. The van der Waals surface area contributed by atoms with Crippen molar-refractivity contribution in [2.24, 2.45) is 0 Å². The van der Waals surface area contributed by atoms with Gasteiger partial charge in [0.2, 0.25) is 0 Å². The Morgan fingerprint density at radius 3 is 2.33 bits per heavy atom. The van der Waals surface area contributed by atoms with Crippen LogP contribution in [-0.2, 0) is 15.7 Å². The second kappa shape index (κ2) is 10.1. The third-order valence-electron chi connectivity index (χ3n) is 2.11. The number of hydrogen-bond acceptors (Lipinski definition) is 3. The van der Waals surface area contributed by atoms with Crippen molar-refractivity contribution in [3.05, 3.63) is 29.6 Å². The van der Waals surface area contributed by atoms with Crippen LogP contribution >= 0.6 is 8.25 Å². The molecule has 0 aliphatic heterocycles. The molecule has 0 aliphatic carbocycles. The number of halogens is 1. The standard InChI is InChI=1S/C8H10FO4P.C4H10/c1-12-7-3-2-6(8(9)4-7)5-13-14(10)11;1-3-4-2/h2-4,14H,5H2,1H3,(H,10,11);3-4H2,1-2H3. The molecule has 1 rings (SSSR count). The van der Waals surface area contributed by atoms with Gasteiger partial charge < -0.3 is 14.2 Å². The minimum atomic E-state index is -3.01. The van der Waals surface area contributed by atoms with Crippen LogP contribution in [0, 0.1) is 5.82 Å². The van der Waals surface area contributed by atoms with Gasteiger partial charge in [-0.2, -0.15) is 0 Å². The quantitative estimate of drug-likeness (QED) is 0.837. The Kier molecular flexibility index (Phi) is 9.56. The predicted octanol–water partition coefficient (Wildman–Crippen LogP) is 3.54. The highest BCUT2D eigenvalue weighted by atomic mass is 31.1. The highest BCUT2D eigenvalue weighted by molar-refractivity contribution is 7.32. The minimum absolute atomic E-state index is 0.218. The van der Waals surface area contributed by atoms with E-state index >= 15 is 0 Å². The lowest BCUT2D eigenvalue weighted by atomic mass is 10.2. The van der Waals surface area contributed by atoms with Gasteiger partial charge >= 0.3 is 8.25 Å². The molecule has 0 aliphatic rings. The molecule has 0 heterocycles. The average Bonchev–Trinajstić information content (AvgIpc) is 2.37. The molecule has 0 spiro atoms. The van der Waals surface area contributed by atoms with E-state index in [0.717, 1.165) is 0 Å². The van der Waals surface area contributed by atoms with Crippen LogP contribution < -0.4 is 4.74 Å². The zero-order valence-electron chi connectivity index (χ0n) is 10.9. The molecule has 1 N–H and O–H groups in total. The maximum Gasteiger partial charge on any atom is 0.316 e. The van der Waals surface area contributed by atoms with Crippen LogP contribution in [0.4, 0.5) is 4.39 Å². The van der Waals surface area contributed by atoms with E-state index in [0.29, 0.717) is 5.75 Å². The van der Waals surface area contributed by atoms with E-state index in [4.69, 9.17) is 9.63 Å². The number of methoxy groups -OCH3 is 1. The number of ether oxygens (including phenoxy) is 1. The number of benzene rings is 1. The predicted molar refractivity (Wildman–Crippen MR) is 69.5 cm³/mol. The highest BCUT2D eigenvalue weighted by Gasteiger charge is 2.04. The summed E-state index contributed by atoms with van der Waals surface area (Å²) in [4.78, 5) is 8.38. The van der Waals surface area contributed by atoms with Crippen molar-refractivity contribution in [1.82, 2.24) is 0 Å². The van der Waals surface area contributed by atoms with Crippen molar-refractivity contribution < 1.29 is 23.1 Å².